The molecule has 0 aliphatic heterocycles. The lowest BCUT2D eigenvalue weighted by Gasteiger charge is -1.96. The van der Waals surface area contributed by atoms with Gasteiger partial charge in [0.1, 0.15) is 5.58 Å². The second-order valence-electron chi connectivity index (χ2n) is 3.67. The minimum Gasteiger partial charge on any atom is -0.453 e. The summed E-state index contributed by atoms with van der Waals surface area (Å²) in [5.74, 6) is 0.409. The van der Waals surface area contributed by atoms with Gasteiger partial charge in [-0.25, -0.2) is 0 Å². The van der Waals surface area contributed by atoms with Crippen LogP contribution in [0.5, 0.6) is 0 Å². The number of fused-ring (bicyclic) bond motifs is 1. The van der Waals surface area contributed by atoms with Crippen molar-refractivity contribution in [1.29, 1.82) is 0 Å². The minimum atomic E-state index is -0.0294. The number of rotatable bonds is 1. The molecule has 0 bridgehead atoms. The van der Waals surface area contributed by atoms with Crippen LogP contribution in [-0.2, 0) is 0 Å². The lowest BCUT2D eigenvalue weighted by molar-refractivity contribution is 0.0989. The van der Waals surface area contributed by atoms with Crippen molar-refractivity contribution < 1.29 is 9.21 Å². The predicted octanol–water partition coefficient (Wildman–Crippen LogP) is 3.25. The molecular formula is C12H12O2. The molecule has 2 aromatic rings. The number of benzene rings is 1. The van der Waals surface area contributed by atoms with E-state index in [0.29, 0.717) is 5.76 Å². The van der Waals surface area contributed by atoms with Crippen LogP contribution in [0.25, 0.3) is 11.0 Å². The highest BCUT2D eigenvalue weighted by molar-refractivity contribution is 5.96. The summed E-state index contributed by atoms with van der Waals surface area (Å²) in [5.41, 5.74) is 3.08. The molecule has 72 valence electrons. The summed E-state index contributed by atoms with van der Waals surface area (Å²) < 4.78 is 5.47. The molecule has 1 heterocycles. The van der Waals surface area contributed by atoms with Crippen LogP contribution in [0.1, 0.15) is 28.6 Å². The lowest BCUT2D eigenvalue weighted by atomic mass is 10.1. The highest BCUT2D eigenvalue weighted by Crippen LogP contribution is 2.24. The number of aryl methyl sites for hydroxylation is 2. The molecule has 0 N–H and O–H groups in total. The number of ketones is 1. The average Bonchev–Trinajstić information content (AvgIpc) is 2.47. The van der Waals surface area contributed by atoms with Crippen LogP contribution in [0.4, 0.5) is 0 Å². The molecule has 0 saturated heterocycles. The molecule has 0 saturated carbocycles. The van der Waals surface area contributed by atoms with Crippen molar-refractivity contribution >= 4 is 16.8 Å². The van der Waals surface area contributed by atoms with Crippen molar-refractivity contribution in [3.8, 4) is 0 Å². The molecule has 0 atom stereocenters. The standard InChI is InChI=1S/C12H12O2/c1-7-4-8(2)12-10(5-7)6-11(14-12)9(3)13/h4-6H,1-3H3. The molecule has 1 aromatic carbocycles. The Hall–Kier alpha value is -1.57. The van der Waals surface area contributed by atoms with Gasteiger partial charge in [-0.05, 0) is 31.5 Å². The van der Waals surface area contributed by atoms with E-state index in [1.54, 1.807) is 6.07 Å². The molecule has 0 radical (unpaired) electrons. The SMILES string of the molecule is CC(=O)c1cc2cc(C)cc(C)c2o1. The molecule has 0 aliphatic carbocycles. The fourth-order valence-electron chi connectivity index (χ4n) is 1.69. The first-order valence-electron chi connectivity index (χ1n) is 4.59. The topological polar surface area (TPSA) is 30.2 Å². The summed E-state index contributed by atoms with van der Waals surface area (Å²) in [6.45, 7) is 5.54. The summed E-state index contributed by atoms with van der Waals surface area (Å²) in [6.07, 6.45) is 0. The van der Waals surface area contributed by atoms with E-state index in [0.717, 1.165) is 16.5 Å². The highest BCUT2D eigenvalue weighted by atomic mass is 16.3. The zero-order valence-electron chi connectivity index (χ0n) is 8.55. The maximum Gasteiger partial charge on any atom is 0.194 e. The summed E-state index contributed by atoms with van der Waals surface area (Å²) in [7, 11) is 0. The lowest BCUT2D eigenvalue weighted by Crippen LogP contribution is -1.85. The first-order chi connectivity index (χ1) is 6.58. The van der Waals surface area contributed by atoms with Gasteiger partial charge in [0.25, 0.3) is 0 Å². The Labute approximate surface area is 82.5 Å². The van der Waals surface area contributed by atoms with Gasteiger partial charge in [0.05, 0.1) is 0 Å². The van der Waals surface area contributed by atoms with Crippen LogP contribution in [-0.4, -0.2) is 5.78 Å². The van der Waals surface area contributed by atoms with Gasteiger partial charge in [0.2, 0.25) is 0 Å². The number of carbonyl (C=O) groups excluding carboxylic acids is 1. The Kier molecular flexibility index (Phi) is 1.92. The predicted molar refractivity (Wildman–Crippen MR) is 55.7 cm³/mol. The summed E-state index contributed by atoms with van der Waals surface area (Å²) >= 11 is 0. The number of furan rings is 1. The van der Waals surface area contributed by atoms with Crippen LogP contribution in [0.3, 0.4) is 0 Å². The molecule has 1 aromatic heterocycles. The zero-order valence-corrected chi connectivity index (χ0v) is 8.55. The Morgan fingerprint density at radius 3 is 2.57 bits per heavy atom. The molecule has 0 aliphatic rings. The van der Waals surface area contributed by atoms with Gasteiger partial charge < -0.3 is 4.42 Å². The van der Waals surface area contributed by atoms with Crippen LogP contribution < -0.4 is 0 Å². The Morgan fingerprint density at radius 1 is 1.21 bits per heavy atom. The average molecular weight is 188 g/mol. The summed E-state index contributed by atoms with van der Waals surface area (Å²) in [4.78, 5) is 11.1. The Bertz CT molecular complexity index is 506. The van der Waals surface area contributed by atoms with Crippen LogP contribution >= 0.6 is 0 Å². The van der Waals surface area contributed by atoms with Crippen molar-refractivity contribution in [2.24, 2.45) is 0 Å². The summed E-state index contributed by atoms with van der Waals surface area (Å²) in [6, 6.07) is 5.88. The van der Waals surface area contributed by atoms with E-state index in [9.17, 15) is 4.79 Å². The smallest absolute Gasteiger partial charge is 0.194 e. The summed E-state index contributed by atoms with van der Waals surface area (Å²) in [5, 5.41) is 1.01. The second kappa shape index (κ2) is 2.98. The molecule has 2 nitrogen and oxygen atoms in total. The van der Waals surface area contributed by atoms with Crippen molar-refractivity contribution in [2.45, 2.75) is 20.8 Å². The van der Waals surface area contributed by atoms with E-state index in [1.807, 2.05) is 19.9 Å². The molecule has 0 amide bonds. The van der Waals surface area contributed by atoms with Gasteiger partial charge >= 0.3 is 0 Å². The van der Waals surface area contributed by atoms with Gasteiger partial charge in [-0.15, -0.1) is 0 Å². The molecular weight excluding hydrogens is 176 g/mol. The molecule has 2 heteroatoms. The monoisotopic (exact) mass is 188 g/mol. The number of hydrogen-bond acceptors (Lipinski definition) is 2. The third kappa shape index (κ3) is 1.33. The molecule has 14 heavy (non-hydrogen) atoms. The molecule has 0 spiro atoms. The third-order valence-corrected chi connectivity index (χ3v) is 2.29. The largest absolute Gasteiger partial charge is 0.453 e. The van der Waals surface area contributed by atoms with Crippen molar-refractivity contribution in [1.82, 2.24) is 0 Å². The minimum absolute atomic E-state index is 0.0294. The maximum absolute atomic E-state index is 11.1. The maximum atomic E-state index is 11.1. The van der Waals surface area contributed by atoms with Crippen LogP contribution in [0, 0.1) is 13.8 Å². The molecule has 0 fully saturated rings. The van der Waals surface area contributed by atoms with E-state index < -0.39 is 0 Å². The number of hydrogen-bond donors (Lipinski definition) is 0. The van der Waals surface area contributed by atoms with Gasteiger partial charge in [-0.1, -0.05) is 11.6 Å². The fourth-order valence-corrected chi connectivity index (χ4v) is 1.69. The number of Topliss-reactive ketones (excluding diaryl/α,β-unsaturated/α-hetero) is 1. The zero-order chi connectivity index (χ0) is 10.3. The molecule has 2 rings (SSSR count). The Balaban J connectivity index is 2.76. The fraction of sp³-hybridized carbons (Fsp3) is 0.250. The van der Waals surface area contributed by atoms with Gasteiger partial charge in [-0.2, -0.15) is 0 Å². The van der Waals surface area contributed by atoms with Crippen molar-refractivity contribution in [3.63, 3.8) is 0 Å². The van der Waals surface area contributed by atoms with Crippen LogP contribution in [0.15, 0.2) is 22.6 Å². The second-order valence-corrected chi connectivity index (χ2v) is 3.67. The first kappa shape index (κ1) is 9.00. The van der Waals surface area contributed by atoms with E-state index in [2.05, 4.69) is 6.07 Å². The van der Waals surface area contributed by atoms with E-state index in [1.165, 1.54) is 12.5 Å². The van der Waals surface area contributed by atoms with Crippen LogP contribution in [0.2, 0.25) is 0 Å². The van der Waals surface area contributed by atoms with Gasteiger partial charge in [0.15, 0.2) is 11.5 Å². The van der Waals surface area contributed by atoms with Gasteiger partial charge in [0, 0.05) is 12.3 Å². The Morgan fingerprint density at radius 2 is 1.93 bits per heavy atom. The van der Waals surface area contributed by atoms with E-state index >= 15 is 0 Å². The highest BCUT2D eigenvalue weighted by Gasteiger charge is 2.09. The first-order valence-corrected chi connectivity index (χ1v) is 4.59. The van der Waals surface area contributed by atoms with Crippen molar-refractivity contribution in [2.75, 3.05) is 0 Å². The van der Waals surface area contributed by atoms with E-state index in [4.69, 9.17) is 4.42 Å². The quantitative estimate of drug-likeness (QED) is 0.643. The van der Waals surface area contributed by atoms with Gasteiger partial charge in [-0.3, -0.25) is 4.79 Å². The van der Waals surface area contributed by atoms with Crippen molar-refractivity contribution in [3.05, 3.63) is 35.1 Å². The number of carbonyl (C=O) groups is 1. The molecule has 0 unspecified atom stereocenters. The third-order valence-electron chi connectivity index (χ3n) is 2.29. The normalized spacial score (nSPS) is 10.8. The van der Waals surface area contributed by atoms with E-state index in [-0.39, 0.29) is 5.78 Å².